The summed E-state index contributed by atoms with van der Waals surface area (Å²) in [5.74, 6) is 0.805. The van der Waals surface area contributed by atoms with E-state index in [4.69, 9.17) is 16.7 Å². The lowest BCUT2D eigenvalue weighted by Crippen LogP contribution is -2.01. The first-order valence-electron chi connectivity index (χ1n) is 6.39. The molecule has 1 saturated carbocycles. The van der Waals surface area contributed by atoms with E-state index in [-0.39, 0.29) is 5.75 Å². The van der Waals surface area contributed by atoms with Crippen LogP contribution in [0.25, 0.3) is 0 Å². The highest BCUT2D eigenvalue weighted by Crippen LogP contribution is 2.32. The van der Waals surface area contributed by atoms with Gasteiger partial charge in [0.05, 0.1) is 0 Å². The minimum absolute atomic E-state index is 0.359. The number of phenols is 1. The van der Waals surface area contributed by atoms with E-state index in [0.717, 1.165) is 6.42 Å². The van der Waals surface area contributed by atoms with Crippen molar-refractivity contribution < 1.29 is 9.50 Å². The molecule has 20 heavy (non-hydrogen) atoms. The van der Waals surface area contributed by atoms with Crippen LogP contribution in [0, 0.1) is 11.7 Å². The van der Waals surface area contributed by atoms with Gasteiger partial charge in [0.1, 0.15) is 16.8 Å². The quantitative estimate of drug-likeness (QED) is 0.667. The van der Waals surface area contributed by atoms with E-state index in [2.05, 4.69) is 15.3 Å². The molecule has 3 rings (SSSR count). The number of halogens is 2. The molecule has 0 aliphatic heterocycles. The van der Waals surface area contributed by atoms with Crippen LogP contribution in [-0.2, 0) is 6.42 Å². The second-order valence-electron chi connectivity index (χ2n) is 4.93. The summed E-state index contributed by atoms with van der Waals surface area (Å²) in [6, 6.07) is 5.63. The maximum Gasteiger partial charge on any atom is 0.166 e. The molecule has 6 heteroatoms. The normalized spacial score (nSPS) is 14.3. The molecule has 1 aliphatic carbocycles. The zero-order chi connectivity index (χ0) is 14.1. The van der Waals surface area contributed by atoms with Crippen molar-refractivity contribution in [1.82, 2.24) is 9.97 Å². The Balaban J connectivity index is 1.81. The molecule has 0 amide bonds. The van der Waals surface area contributed by atoms with Crippen molar-refractivity contribution in [2.75, 3.05) is 5.32 Å². The summed E-state index contributed by atoms with van der Waals surface area (Å²) in [6.45, 7) is 0. The topological polar surface area (TPSA) is 58.0 Å². The van der Waals surface area contributed by atoms with E-state index in [0.29, 0.717) is 28.4 Å². The molecule has 104 valence electrons. The average molecular weight is 294 g/mol. The molecule has 0 unspecified atom stereocenters. The zero-order valence-corrected chi connectivity index (χ0v) is 11.4. The minimum Gasteiger partial charge on any atom is -0.505 e. The summed E-state index contributed by atoms with van der Waals surface area (Å²) in [6.07, 6.45) is 3.24. The van der Waals surface area contributed by atoms with Gasteiger partial charge in [-0.25, -0.2) is 14.4 Å². The number of benzene rings is 1. The molecule has 0 atom stereocenters. The van der Waals surface area contributed by atoms with Crippen molar-refractivity contribution in [2.45, 2.75) is 19.3 Å². The number of hydrogen-bond acceptors (Lipinski definition) is 4. The lowest BCUT2D eigenvalue weighted by molar-refractivity contribution is 0.432. The summed E-state index contributed by atoms with van der Waals surface area (Å²) in [5.41, 5.74) is 0.493. The largest absolute Gasteiger partial charge is 0.505 e. The van der Waals surface area contributed by atoms with Crippen LogP contribution in [0.5, 0.6) is 5.75 Å². The van der Waals surface area contributed by atoms with Crippen LogP contribution in [0.2, 0.25) is 5.15 Å². The van der Waals surface area contributed by atoms with E-state index in [1.807, 2.05) is 0 Å². The fourth-order valence-electron chi connectivity index (χ4n) is 1.93. The Morgan fingerprint density at radius 1 is 1.30 bits per heavy atom. The SMILES string of the molecule is Oc1ccc(Nc2cc(Cl)nc(CC3CC3)n2)cc1F. The Hall–Kier alpha value is -1.88. The molecule has 4 nitrogen and oxygen atoms in total. The van der Waals surface area contributed by atoms with Gasteiger partial charge in [0.15, 0.2) is 11.6 Å². The summed E-state index contributed by atoms with van der Waals surface area (Å²) in [7, 11) is 0. The van der Waals surface area contributed by atoms with Crippen molar-refractivity contribution in [3.63, 3.8) is 0 Å². The number of aromatic nitrogens is 2. The minimum atomic E-state index is -0.687. The van der Waals surface area contributed by atoms with Gasteiger partial charge in [-0.2, -0.15) is 0 Å². The van der Waals surface area contributed by atoms with Gasteiger partial charge in [-0.1, -0.05) is 11.6 Å². The van der Waals surface area contributed by atoms with Crippen LogP contribution in [0.1, 0.15) is 18.7 Å². The predicted octanol–water partition coefficient (Wildman–Crippen LogP) is 3.67. The number of aromatic hydroxyl groups is 1. The first kappa shape index (κ1) is 13.1. The molecule has 0 radical (unpaired) electrons. The van der Waals surface area contributed by atoms with E-state index >= 15 is 0 Å². The molecule has 0 bridgehead atoms. The Kier molecular flexibility index (Phi) is 3.44. The number of anilines is 2. The number of rotatable bonds is 4. The second-order valence-corrected chi connectivity index (χ2v) is 5.32. The molecule has 1 heterocycles. The van der Waals surface area contributed by atoms with Gasteiger partial charge in [0.25, 0.3) is 0 Å². The lowest BCUT2D eigenvalue weighted by Gasteiger charge is -2.08. The monoisotopic (exact) mass is 293 g/mol. The molecule has 1 aliphatic rings. The molecular weight excluding hydrogens is 281 g/mol. The van der Waals surface area contributed by atoms with E-state index in [1.165, 1.54) is 25.0 Å². The van der Waals surface area contributed by atoms with Crippen LogP contribution in [0.4, 0.5) is 15.9 Å². The van der Waals surface area contributed by atoms with Crippen LogP contribution >= 0.6 is 11.6 Å². The summed E-state index contributed by atoms with van der Waals surface area (Å²) < 4.78 is 13.3. The van der Waals surface area contributed by atoms with Gasteiger partial charge >= 0.3 is 0 Å². The van der Waals surface area contributed by atoms with E-state index in [9.17, 15) is 4.39 Å². The fraction of sp³-hybridized carbons (Fsp3) is 0.286. The molecule has 2 N–H and O–H groups in total. The third kappa shape index (κ3) is 3.17. The first-order chi connectivity index (χ1) is 9.60. The van der Waals surface area contributed by atoms with E-state index in [1.54, 1.807) is 12.1 Å². The Bertz CT molecular complexity index is 646. The van der Waals surface area contributed by atoms with Crippen molar-refractivity contribution in [2.24, 2.45) is 5.92 Å². The molecule has 1 aromatic heterocycles. The van der Waals surface area contributed by atoms with Gasteiger partial charge in [-0.05, 0) is 30.9 Å². The molecule has 0 saturated heterocycles. The smallest absolute Gasteiger partial charge is 0.166 e. The maximum absolute atomic E-state index is 13.3. The van der Waals surface area contributed by atoms with Crippen LogP contribution in [-0.4, -0.2) is 15.1 Å². The molecule has 1 fully saturated rings. The first-order valence-corrected chi connectivity index (χ1v) is 6.77. The van der Waals surface area contributed by atoms with E-state index < -0.39 is 5.82 Å². The van der Waals surface area contributed by atoms with Crippen molar-refractivity contribution in [3.05, 3.63) is 41.1 Å². The average Bonchev–Trinajstić information content (AvgIpc) is 3.17. The predicted molar refractivity (Wildman–Crippen MR) is 74.8 cm³/mol. The second kappa shape index (κ2) is 5.25. The maximum atomic E-state index is 13.3. The molecule has 2 aromatic rings. The lowest BCUT2D eigenvalue weighted by atomic mass is 10.2. The highest BCUT2D eigenvalue weighted by Gasteiger charge is 2.23. The standard InChI is InChI=1S/C14H13ClFN3O/c15-12-7-14(19-13(18-12)5-8-1-2-8)17-9-3-4-11(20)10(16)6-9/h3-4,6-8,20H,1-2,5H2,(H,17,18,19). The van der Waals surface area contributed by atoms with Gasteiger partial charge in [0, 0.05) is 24.2 Å². The zero-order valence-electron chi connectivity index (χ0n) is 10.6. The van der Waals surface area contributed by atoms with Crippen molar-refractivity contribution in [3.8, 4) is 5.75 Å². The van der Waals surface area contributed by atoms with Crippen molar-refractivity contribution >= 4 is 23.1 Å². The van der Waals surface area contributed by atoms with Gasteiger partial charge < -0.3 is 10.4 Å². The third-order valence-electron chi connectivity index (χ3n) is 3.13. The van der Waals surface area contributed by atoms with Gasteiger partial charge in [-0.15, -0.1) is 0 Å². The summed E-state index contributed by atoms with van der Waals surface area (Å²) in [4.78, 5) is 8.56. The fourth-order valence-corrected chi connectivity index (χ4v) is 2.13. The van der Waals surface area contributed by atoms with Crippen molar-refractivity contribution in [1.29, 1.82) is 0 Å². The summed E-state index contributed by atoms with van der Waals surface area (Å²) >= 11 is 5.97. The van der Waals surface area contributed by atoms with Gasteiger partial charge in [0.2, 0.25) is 0 Å². The highest BCUT2D eigenvalue weighted by atomic mass is 35.5. The third-order valence-corrected chi connectivity index (χ3v) is 3.32. The summed E-state index contributed by atoms with van der Waals surface area (Å²) in [5, 5.41) is 12.5. The molecular formula is C14H13ClFN3O. The Morgan fingerprint density at radius 2 is 2.10 bits per heavy atom. The Labute approximate surface area is 120 Å². The van der Waals surface area contributed by atoms with Gasteiger partial charge in [-0.3, -0.25) is 0 Å². The van der Waals surface area contributed by atoms with Crippen LogP contribution in [0.3, 0.4) is 0 Å². The highest BCUT2D eigenvalue weighted by molar-refractivity contribution is 6.29. The number of phenolic OH excluding ortho intramolecular Hbond substituents is 1. The Morgan fingerprint density at radius 3 is 2.80 bits per heavy atom. The number of nitrogens with zero attached hydrogens (tertiary/aromatic N) is 2. The van der Waals surface area contributed by atoms with Crippen LogP contribution < -0.4 is 5.32 Å². The van der Waals surface area contributed by atoms with Crippen LogP contribution in [0.15, 0.2) is 24.3 Å². The number of hydrogen-bond donors (Lipinski definition) is 2. The molecule has 1 aromatic carbocycles. The number of nitrogens with one attached hydrogen (secondary N) is 1. The molecule has 0 spiro atoms.